The van der Waals surface area contributed by atoms with Crippen LogP contribution in [0.15, 0.2) is 12.3 Å². The molecule has 3 rings (SSSR count). The number of nitrogens with one attached hydrogen (secondary N) is 1. The lowest BCUT2D eigenvalue weighted by atomic mass is 10.1. The summed E-state index contributed by atoms with van der Waals surface area (Å²) in [5.41, 5.74) is 3.29. The van der Waals surface area contributed by atoms with Crippen molar-refractivity contribution in [2.24, 2.45) is 0 Å². The zero-order chi connectivity index (χ0) is 16.2. The summed E-state index contributed by atoms with van der Waals surface area (Å²) in [6.07, 6.45) is 5.88. The van der Waals surface area contributed by atoms with Gasteiger partial charge in [-0.25, -0.2) is 4.98 Å². The van der Waals surface area contributed by atoms with Gasteiger partial charge in [0, 0.05) is 49.7 Å². The van der Waals surface area contributed by atoms with E-state index in [9.17, 15) is 0 Å². The molecule has 6 heteroatoms. The molecule has 1 fully saturated rings. The molecule has 1 saturated heterocycles. The molecule has 0 bridgehead atoms. The Kier molecular flexibility index (Phi) is 4.79. The van der Waals surface area contributed by atoms with Gasteiger partial charge >= 0.3 is 0 Å². The predicted molar refractivity (Wildman–Crippen MR) is 92.8 cm³/mol. The number of piperidine rings is 1. The Hall–Kier alpha value is -2.11. The first-order valence-electron chi connectivity index (χ1n) is 8.53. The van der Waals surface area contributed by atoms with Crippen LogP contribution in [0.5, 0.6) is 0 Å². The molecule has 0 radical (unpaired) electrons. The molecule has 0 aliphatic carbocycles. The smallest absolute Gasteiger partial charge is 0.227 e. The first-order valence-corrected chi connectivity index (χ1v) is 8.53. The molecular weight excluding hydrogens is 288 g/mol. The molecule has 0 amide bonds. The summed E-state index contributed by atoms with van der Waals surface area (Å²) in [5.74, 6) is 1.75. The number of nitrogens with zero attached hydrogens (tertiary/aromatic N) is 5. The highest BCUT2D eigenvalue weighted by Crippen LogP contribution is 2.19. The Morgan fingerprint density at radius 3 is 2.61 bits per heavy atom. The fourth-order valence-corrected chi connectivity index (χ4v) is 2.96. The molecule has 124 valence electrons. The zero-order valence-corrected chi connectivity index (χ0v) is 14.3. The lowest BCUT2D eigenvalue weighted by Gasteiger charge is -2.27. The monoisotopic (exact) mass is 314 g/mol. The lowest BCUT2D eigenvalue weighted by molar-refractivity contribution is 0.568. The second-order valence-electron chi connectivity index (χ2n) is 6.19. The highest BCUT2D eigenvalue weighted by Gasteiger charge is 2.14. The van der Waals surface area contributed by atoms with Crippen molar-refractivity contribution in [1.82, 2.24) is 19.7 Å². The quantitative estimate of drug-likeness (QED) is 0.919. The van der Waals surface area contributed by atoms with Crippen LogP contribution in [-0.4, -0.2) is 32.8 Å². The molecule has 1 aliphatic rings. The van der Waals surface area contributed by atoms with Gasteiger partial charge in [-0.3, -0.25) is 4.68 Å². The summed E-state index contributed by atoms with van der Waals surface area (Å²) in [5, 5.41) is 7.91. The van der Waals surface area contributed by atoms with Gasteiger partial charge in [0.25, 0.3) is 0 Å². The van der Waals surface area contributed by atoms with Gasteiger partial charge in [-0.05, 0) is 40.0 Å². The van der Waals surface area contributed by atoms with Crippen molar-refractivity contribution in [3.05, 3.63) is 29.2 Å². The summed E-state index contributed by atoms with van der Waals surface area (Å²) in [4.78, 5) is 11.6. The molecule has 23 heavy (non-hydrogen) atoms. The van der Waals surface area contributed by atoms with E-state index >= 15 is 0 Å². The summed E-state index contributed by atoms with van der Waals surface area (Å²) >= 11 is 0. The van der Waals surface area contributed by atoms with E-state index in [2.05, 4.69) is 33.4 Å². The van der Waals surface area contributed by atoms with Gasteiger partial charge in [-0.2, -0.15) is 10.1 Å². The fourth-order valence-electron chi connectivity index (χ4n) is 2.96. The molecule has 1 N–H and O–H groups in total. The third-order valence-corrected chi connectivity index (χ3v) is 4.31. The van der Waals surface area contributed by atoms with Crippen LogP contribution in [0.4, 0.5) is 11.8 Å². The van der Waals surface area contributed by atoms with Crippen LogP contribution in [0.25, 0.3) is 0 Å². The van der Waals surface area contributed by atoms with E-state index in [1.807, 2.05) is 24.6 Å². The second-order valence-corrected chi connectivity index (χ2v) is 6.19. The van der Waals surface area contributed by atoms with Crippen molar-refractivity contribution in [2.45, 2.75) is 53.1 Å². The van der Waals surface area contributed by atoms with E-state index in [-0.39, 0.29) is 0 Å². The van der Waals surface area contributed by atoms with Crippen LogP contribution in [-0.2, 0) is 13.1 Å². The molecule has 2 aromatic rings. The molecule has 0 saturated carbocycles. The third kappa shape index (κ3) is 3.81. The predicted octanol–water partition coefficient (Wildman–Crippen LogP) is 2.91. The minimum atomic E-state index is 0.738. The summed E-state index contributed by atoms with van der Waals surface area (Å²) in [7, 11) is 0. The minimum Gasteiger partial charge on any atom is -0.366 e. The van der Waals surface area contributed by atoms with E-state index in [0.29, 0.717) is 0 Å². The number of rotatable bonds is 5. The van der Waals surface area contributed by atoms with Gasteiger partial charge in [0.1, 0.15) is 5.82 Å². The average Bonchev–Trinajstić information content (AvgIpc) is 2.93. The van der Waals surface area contributed by atoms with E-state index in [4.69, 9.17) is 4.98 Å². The number of anilines is 2. The van der Waals surface area contributed by atoms with Crippen LogP contribution in [0, 0.1) is 13.8 Å². The topological polar surface area (TPSA) is 58.9 Å². The summed E-state index contributed by atoms with van der Waals surface area (Å²) in [6.45, 7) is 9.93. The van der Waals surface area contributed by atoms with Crippen LogP contribution in [0.2, 0.25) is 0 Å². The Bertz CT molecular complexity index is 657. The van der Waals surface area contributed by atoms with Crippen molar-refractivity contribution in [1.29, 1.82) is 0 Å². The maximum atomic E-state index is 4.71. The highest BCUT2D eigenvalue weighted by atomic mass is 15.3. The van der Waals surface area contributed by atoms with Crippen molar-refractivity contribution in [2.75, 3.05) is 23.3 Å². The molecule has 0 aromatic carbocycles. The fraction of sp³-hybridized carbons (Fsp3) is 0.588. The van der Waals surface area contributed by atoms with Crippen molar-refractivity contribution >= 4 is 11.8 Å². The summed E-state index contributed by atoms with van der Waals surface area (Å²) in [6, 6.07) is 2.01. The Balaban J connectivity index is 1.72. The summed E-state index contributed by atoms with van der Waals surface area (Å²) < 4.78 is 1.97. The first-order chi connectivity index (χ1) is 11.2. The molecule has 6 nitrogen and oxygen atoms in total. The van der Waals surface area contributed by atoms with Gasteiger partial charge in [0.15, 0.2) is 0 Å². The highest BCUT2D eigenvalue weighted by molar-refractivity contribution is 5.44. The molecule has 0 atom stereocenters. The number of aromatic nitrogens is 4. The molecule has 2 aromatic heterocycles. The van der Waals surface area contributed by atoms with Crippen LogP contribution in [0.3, 0.4) is 0 Å². The van der Waals surface area contributed by atoms with Crippen LogP contribution >= 0.6 is 0 Å². The van der Waals surface area contributed by atoms with Gasteiger partial charge in [0.2, 0.25) is 5.95 Å². The Morgan fingerprint density at radius 2 is 1.91 bits per heavy atom. The average molecular weight is 314 g/mol. The second kappa shape index (κ2) is 6.98. The zero-order valence-electron chi connectivity index (χ0n) is 14.3. The van der Waals surface area contributed by atoms with Crippen LogP contribution < -0.4 is 10.2 Å². The molecular formula is C17H26N6. The van der Waals surface area contributed by atoms with Gasteiger partial charge < -0.3 is 10.2 Å². The Labute approximate surface area is 137 Å². The largest absolute Gasteiger partial charge is 0.366 e. The van der Waals surface area contributed by atoms with Gasteiger partial charge in [-0.15, -0.1) is 0 Å². The normalized spacial score (nSPS) is 15.0. The first kappa shape index (κ1) is 15.8. The molecule has 0 spiro atoms. The number of hydrogen-bond donors (Lipinski definition) is 1. The van der Waals surface area contributed by atoms with E-state index in [0.717, 1.165) is 49.3 Å². The van der Waals surface area contributed by atoms with Crippen molar-refractivity contribution in [3.63, 3.8) is 0 Å². The maximum absolute atomic E-state index is 4.71. The van der Waals surface area contributed by atoms with E-state index in [1.165, 1.54) is 24.8 Å². The van der Waals surface area contributed by atoms with E-state index < -0.39 is 0 Å². The van der Waals surface area contributed by atoms with Gasteiger partial charge in [-0.1, -0.05) is 0 Å². The minimum absolute atomic E-state index is 0.738. The molecule has 3 heterocycles. The van der Waals surface area contributed by atoms with Crippen molar-refractivity contribution < 1.29 is 0 Å². The third-order valence-electron chi connectivity index (χ3n) is 4.31. The van der Waals surface area contributed by atoms with Crippen LogP contribution in [0.1, 0.15) is 43.1 Å². The lowest BCUT2D eigenvalue weighted by Crippen LogP contribution is -2.31. The van der Waals surface area contributed by atoms with Crippen molar-refractivity contribution in [3.8, 4) is 0 Å². The maximum Gasteiger partial charge on any atom is 0.227 e. The Morgan fingerprint density at radius 1 is 1.13 bits per heavy atom. The number of hydrogen-bond acceptors (Lipinski definition) is 5. The standard InChI is InChI=1S/C17H26N6/c1-4-23-12-15(14(3)21-23)11-18-16-10-13(2)19-17(20-16)22-8-6-5-7-9-22/h10,12H,4-9,11H2,1-3H3,(H,18,19,20). The SMILES string of the molecule is CCn1cc(CNc2cc(C)nc(N3CCCCC3)n2)c(C)n1. The number of aryl methyl sites for hydroxylation is 3. The van der Waals surface area contributed by atoms with E-state index in [1.54, 1.807) is 0 Å². The molecule has 0 unspecified atom stereocenters. The molecule has 1 aliphatic heterocycles. The van der Waals surface area contributed by atoms with Gasteiger partial charge in [0.05, 0.1) is 5.69 Å².